The van der Waals surface area contributed by atoms with E-state index in [1.165, 1.54) is 17.8 Å². The lowest BCUT2D eigenvalue weighted by Crippen LogP contribution is -2.37. The van der Waals surface area contributed by atoms with Gasteiger partial charge in [0, 0.05) is 11.4 Å². The van der Waals surface area contributed by atoms with Gasteiger partial charge in [-0.1, -0.05) is 6.07 Å². The molecule has 0 saturated carbocycles. The summed E-state index contributed by atoms with van der Waals surface area (Å²) >= 11 is 1.85. The summed E-state index contributed by atoms with van der Waals surface area (Å²) in [6, 6.07) is 4.34. The zero-order chi connectivity index (χ0) is 11.4. The van der Waals surface area contributed by atoms with Crippen molar-refractivity contribution < 1.29 is 5.11 Å². The minimum absolute atomic E-state index is 0.126. The number of aliphatic hydroxyl groups excluding tert-OH is 1. The fraction of sp³-hybridized carbons (Fsp3) is 0.692. The van der Waals surface area contributed by atoms with Crippen molar-refractivity contribution in [3.8, 4) is 0 Å². The first-order valence-corrected chi connectivity index (χ1v) is 7.06. The van der Waals surface area contributed by atoms with E-state index >= 15 is 0 Å². The molecule has 0 spiro atoms. The molecule has 1 aliphatic heterocycles. The van der Waals surface area contributed by atoms with Gasteiger partial charge >= 0.3 is 0 Å². The van der Waals surface area contributed by atoms with Crippen LogP contribution >= 0.6 is 11.3 Å². The molecule has 2 nitrogen and oxygen atoms in total. The average molecular weight is 239 g/mol. The Morgan fingerprint density at radius 3 is 2.81 bits per heavy atom. The van der Waals surface area contributed by atoms with E-state index in [9.17, 15) is 5.11 Å². The summed E-state index contributed by atoms with van der Waals surface area (Å²) in [6.45, 7) is 5.40. The van der Waals surface area contributed by atoms with Crippen LogP contribution in [-0.4, -0.2) is 35.7 Å². The van der Waals surface area contributed by atoms with Crippen LogP contribution in [0.5, 0.6) is 0 Å². The van der Waals surface area contributed by atoms with E-state index in [0.29, 0.717) is 5.92 Å². The second kappa shape index (κ2) is 5.80. The van der Waals surface area contributed by atoms with Gasteiger partial charge in [-0.05, 0) is 56.6 Å². The first-order valence-electron chi connectivity index (χ1n) is 6.18. The van der Waals surface area contributed by atoms with Crippen molar-refractivity contribution in [1.82, 2.24) is 4.90 Å². The molecule has 1 aromatic rings. The second-order valence-corrected chi connectivity index (χ2v) is 5.78. The lowest BCUT2D eigenvalue weighted by Gasteiger charge is -2.33. The SMILES string of the molecule is CC(O)C1CCN(CCc2cccs2)CC1. The molecule has 1 unspecified atom stereocenters. The fourth-order valence-corrected chi connectivity index (χ4v) is 3.08. The van der Waals surface area contributed by atoms with E-state index in [4.69, 9.17) is 0 Å². The van der Waals surface area contributed by atoms with Crippen LogP contribution in [0.4, 0.5) is 0 Å². The van der Waals surface area contributed by atoms with E-state index in [-0.39, 0.29) is 6.10 Å². The normalized spacial score (nSPS) is 21.1. The summed E-state index contributed by atoms with van der Waals surface area (Å²) in [7, 11) is 0. The summed E-state index contributed by atoms with van der Waals surface area (Å²) in [4.78, 5) is 4.01. The van der Waals surface area contributed by atoms with E-state index in [2.05, 4.69) is 22.4 Å². The summed E-state index contributed by atoms with van der Waals surface area (Å²) in [6.07, 6.45) is 3.36. The minimum Gasteiger partial charge on any atom is -0.393 e. The van der Waals surface area contributed by atoms with Gasteiger partial charge in [0.05, 0.1) is 6.10 Å². The van der Waals surface area contributed by atoms with E-state index in [0.717, 1.165) is 25.9 Å². The maximum Gasteiger partial charge on any atom is 0.0541 e. The zero-order valence-corrected chi connectivity index (χ0v) is 10.7. The Hall–Kier alpha value is -0.380. The molecule has 0 amide bonds. The number of piperidine rings is 1. The quantitative estimate of drug-likeness (QED) is 0.872. The molecule has 90 valence electrons. The lowest BCUT2D eigenvalue weighted by atomic mass is 9.92. The molecule has 0 bridgehead atoms. The number of thiophene rings is 1. The molecule has 2 heterocycles. The van der Waals surface area contributed by atoms with Crippen molar-refractivity contribution in [1.29, 1.82) is 0 Å². The van der Waals surface area contributed by atoms with Gasteiger partial charge in [0.2, 0.25) is 0 Å². The standard InChI is InChI=1S/C13H21NOS/c1-11(15)12-4-7-14(8-5-12)9-6-13-3-2-10-16-13/h2-3,10-12,15H,4-9H2,1H3. The van der Waals surface area contributed by atoms with Crippen LogP contribution in [0.3, 0.4) is 0 Å². The van der Waals surface area contributed by atoms with Crippen molar-refractivity contribution in [2.45, 2.75) is 32.3 Å². The van der Waals surface area contributed by atoms with Crippen molar-refractivity contribution in [3.63, 3.8) is 0 Å². The van der Waals surface area contributed by atoms with Gasteiger partial charge in [0.25, 0.3) is 0 Å². The van der Waals surface area contributed by atoms with Crippen LogP contribution in [0.2, 0.25) is 0 Å². The molecule has 1 atom stereocenters. The number of aliphatic hydroxyl groups is 1. The molecular formula is C13H21NOS. The second-order valence-electron chi connectivity index (χ2n) is 4.75. The van der Waals surface area contributed by atoms with Crippen molar-refractivity contribution in [2.75, 3.05) is 19.6 Å². The van der Waals surface area contributed by atoms with Crippen molar-refractivity contribution >= 4 is 11.3 Å². The largest absolute Gasteiger partial charge is 0.393 e. The first-order chi connectivity index (χ1) is 7.75. The maximum absolute atomic E-state index is 9.53. The predicted molar refractivity (Wildman–Crippen MR) is 68.9 cm³/mol. The van der Waals surface area contributed by atoms with Gasteiger partial charge in [0.1, 0.15) is 0 Å². The van der Waals surface area contributed by atoms with E-state index in [1.54, 1.807) is 0 Å². The molecule has 1 N–H and O–H groups in total. The van der Waals surface area contributed by atoms with E-state index < -0.39 is 0 Å². The molecule has 16 heavy (non-hydrogen) atoms. The Morgan fingerprint density at radius 2 is 2.25 bits per heavy atom. The van der Waals surface area contributed by atoms with Crippen LogP contribution in [0.25, 0.3) is 0 Å². The summed E-state index contributed by atoms with van der Waals surface area (Å²) < 4.78 is 0. The number of likely N-dealkylation sites (tertiary alicyclic amines) is 1. The van der Waals surface area contributed by atoms with Gasteiger partial charge < -0.3 is 10.0 Å². The molecule has 3 heteroatoms. The third-order valence-corrected chi connectivity index (χ3v) is 4.51. The zero-order valence-electron chi connectivity index (χ0n) is 9.93. The Kier molecular flexibility index (Phi) is 4.38. The van der Waals surface area contributed by atoms with Crippen LogP contribution in [0, 0.1) is 5.92 Å². The highest BCUT2D eigenvalue weighted by molar-refractivity contribution is 7.09. The van der Waals surface area contributed by atoms with Crippen LogP contribution in [-0.2, 0) is 6.42 Å². The van der Waals surface area contributed by atoms with Crippen LogP contribution < -0.4 is 0 Å². The number of hydrogen-bond acceptors (Lipinski definition) is 3. The molecule has 1 saturated heterocycles. The molecule has 1 aromatic heterocycles. The molecule has 0 aromatic carbocycles. The molecule has 1 fully saturated rings. The summed E-state index contributed by atoms with van der Waals surface area (Å²) in [5.41, 5.74) is 0. The van der Waals surface area contributed by atoms with Crippen LogP contribution in [0.1, 0.15) is 24.6 Å². The molecular weight excluding hydrogens is 218 g/mol. The van der Waals surface area contributed by atoms with E-state index in [1.807, 2.05) is 18.3 Å². The molecule has 1 aliphatic rings. The van der Waals surface area contributed by atoms with Gasteiger partial charge in [-0.3, -0.25) is 0 Å². The highest BCUT2D eigenvalue weighted by Crippen LogP contribution is 2.21. The Bertz CT molecular complexity index is 289. The Morgan fingerprint density at radius 1 is 1.50 bits per heavy atom. The summed E-state index contributed by atoms with van der Waals surface area (Å²) in [5, 5.41) is 11.7. The first kappa shape index (κ1) is 12.1. The smallest absolute Gasteiger partial charge is 0.0541 e. The van der Waals surface area contributed by atoms with Gasteiger partial charge in [0.15, 0.2) is 0 Å². The topological polar surface area (TPSA) is 23.5 Å². The minimum atomic E-state index is -0.126. The third kappa shape index (κ3) is 3.30. The molecule has 0 radical (unpaired) electrons. The molecule has 2 rings (SSSR count). The highest BCUT2D eigenvalue weighted by Gasteiger charge is 2.22. The number of rotatable bonds is 4. The third-order valence-electron chi connectivity index (χ3n) is 3.57. The highest BCUT2D eigenvalue weighted by atomic mass is 32.1. The monoisotopic (exact) mass is 239 g/mol. The van der Waals surface area contributed by atoms with Gasteiger partial charge in [-0.2, -0.15) is 0 Å². The number of hydrogen-bond donors (Lipinski definition) is 1. The van der Waals surface area contributed by atoms with Crippen molar-refractivity contribution in [3.05, 3.63) is 22.4 Å². The average Bonchev–Trinajstić information content (AvgIpc) is 2.80. The van der Waals surface area contributed by atoms with Gasteiger partial charge in [-0.25, -0.2) is 0 Å². The predicted octanol–water partition coefficient (Wildman–Crippen LogP) is 2.38. The van der Waals surface area contributed by atoms with Crippen molar-refractivity contribution in [2.24, 2.45) is 5.92 Å². The Labute approximate surface area is 102 Å². The van der Waals surface area contributed by atoms with Crippen LogP contribution in [0.15, 0.2) is 17.5 Å². The summed E-state index contributed by atoms with van der Waals surface area (Å²) in [5.74, 6) is 0.526. The maximum atomic E-state index is 9.53. The Balaban J connectivity index is 1.69. The lowest BCUT2D eigenvalue weighted by molar-refractivity contribution is 0.0723. The van der Waals surface area contributed by atoms with Gasteiger partial charge in [-0.15, -0.1) is 11.3 Å². The fourth-order valence-electron chi connectivity index (χ4n) is 2.38. The molecule has 0 aliphatic carbocycles. The number of nitrogens with zero attached hydrogens (tertiary/aromatic N) is 1.